The number of hydrogen-bond acceptors (Lipinski definition) is 26. The second-order valence-corrected chi connectivity index (χ2v) is 21.1. The molecule has 2 saturated heterocycles. The van der Waals surface area contributed by atoms with E-state index in [0.717, 1.165) is 38.8 Å². The molecule has 6 rings (SSSR count). The number of nitrogens with one attached hydrogen (secondary N) is 2. The quantitative estimate of drug-likeness (QED) is 0.0371. The molecule has 4 aliphatic rings. The fourth-order valence-electron chi connectivity index (χ4n) is 10.1. The van der Waals surface area contributed by atoms with E-state index in [4.69, 9.17) is 73.4 Å². The Morgan fingerprint density at radius 2 is 0.804 bits per heavy atom. The van der Waals surface area contributed by atoms with Crippen LogP contribution in [0.15, 0.2) is 81.1 Å². The van der Waals surface area contributed by atoms with Gasteiger partial charge >= 0.3 is 54.0 Å². The van der Waals surface area contributed by atoms with Crippen LogP contribution in [0.5, 0.6) is 0 Å². The van der Waals surface area contributed by atoms with Crippen LogP contribution in [0.1, 0.15) is 112 Å². The van der Waals surface area contributed by atoms with Gasteiger partial charge in [0.05, 0.1) is 48.5 Å². The lowest BCUT2D eigenvalue weighted by Gasteiger charge is -2.45. The number of alkyl carbamates (subject to hydrolysis) is 2. The van der Waals surface area contributed by atoms with Gasteiger partial charge in [-0.3, -0.25) is 33.6 Å². The average Bonchev–Trinajstić information content (AvgIpc) is 0.826. The Hall–Kier alpha value is -9.65. The number of aliphatic hydroxyl groups is 1. The molecule has 2 unspecified atom stereocenters. The van der Waals surface area contributed by atoms with Crippen LogP contribution < -0.4 is 10.6 Å². The van der Waals surface area contributed by atoms with E-state index in [9.17, 15) is 53.8 Å². The van der Waals surface area contributed by atoms with Gasteiger partial charge in [-0.05, 0) is 85.6 Å². The van der Waals surface area contributed by atoms with E-state index in [1.54, 1.807) is 13.8 Å². The maximum Gasteiger partial charge on any atom is 0.407 e. The summed E-state index contributed by atoms with van der Waals surface area (Å²) < 4.78 is 65.1. The van der Waals surface area contributed by atoms with E-state index in [1.807, 2.05) is 60.7 Å². The van der Waals surface area contributed by atoms with E-state index < -0.39 is 158 Å². The molecule has 36 nitrogen and oxygen atoms in total. The summed E-state index contributed by atoms with van der Waals surface area (Å²) in [7, 11) is 0. The van der Waals surface area contributed by atoms with Crippen molar-refractivity contribution in [3.05, 3.63) is 114 Å². The summed E-state index contributed by atoms with van der Waals surface area (Å²) in [6.07, 6.45) is -12.6. The van der Waals surface area contributed by atoms with Crippen LogP contribution in [0.3, 0.4) is 0 Å². The first-order chi connectivity index (χ1) is 43.8. The first-order valence-electron chi connectivity index (χ1n) is 28.7. The van der Waals surface area contributed by atoms with E-state index in [2.05, 4.69) is 50.7 Å². The monoisotopic (exact) mass is 1290 g/mol. The summed E-state index contributed by atoms with van der Waals surface area (Å²) in [4.78, 5) is 116. The third-order valence-electron chi connectivity index (χ3n) is 14.0. The largest absolute Gasteiger partial charge is 0.458 e. The van der Waals surface area contributed by atoms with Gasteiger partial charge in [0.2, 0.25) is 6.29 Å². The number of carbonyl (C=O) groups is 9. The molecule has 0 spiro atoms. The number of esters is 7. The molecule has 2 aromatic rings. The Labute approximate surface area is 526 Å². The van der Waals surface area contributed by atoms with Crippen LogP contribution in [0.2, 0.25) is 0 Å². The summed E-state index contributed by atoms with van der Waals surface area (Å²) in [6.45, 7) is 11.9. The Morgan fingerprint density at radius 1 is 0.467 bits per heavy atom. The standard InChI is InChI=1S/C27H35N7O10.C19H25NO7.C10H14N6O5/c1-14(30-27(38)39-13-18-8-6-5-7-9-18)21-10-11-22(40-15(2)35)26(43-21)44-24-20(32-34-29)12-19(31-33-28)23(41-16(3)36)25(24)42-17(4)37;1-12(20-19(23)24-11-15-7-5-4-6-8-15)16-9-10-17(25-13(2)21)18(27-16)26-14(3)22;1-4(17)20-9-7(14-16-12)3-6(13-15-11)8(19)10(9)21-5(2)18/h5-9,14,19-26H,10-13H2,1-4H3,(H,30,38);4-8,12,16-18H,9-11H2,1-3H3,(H,20,23);6-10,19H,3H2,1-2H3/t14-,19-,20+,21+,22-,23+,24-,25-,26-;12-,16+,17?,18?;6-,7+,8+,9-,10-/m110/s1. The molecule has 500 valence electrons. The van der Waals surface area contributed by atoms with Crippen molar-refractivity contribution in [2.45, 2.75) is 224 Å². The minimum absolute atomic E-state index is 0.0367. The number of amides is 2. The van der Waals surface area contributed by atoms with Gasteiger partial charge in [-0.2, -0.15) is 0 Å². The number of benzene rings is 2. The zero-order valence-electron chi connectivity index (χ0n) is 51.7. The van der Waals surface area contributed by atoms with E-state index in [0.29, 0.717) is 19.3 Å². The molecule has 36 heteroatoms. The second kappa shape index (κ2) is 38.1. The van der Waals surface area contributed by atoms with E-state index >= 15 is 0 Å². The molecule has 0 radical (unpaired) electrons. The smallest absolute Gasteiger partial charge is 0.407 e. The van der Waals surface area contributed by atoms with Crippen LogP contribution >= 0.6 is 0 Å². The van der Waals surface area contributed by atoms with Gasteiger partial charge in [0.15, 0.2) is 30.7 Å². The van der Waals surface area contributed by atoms with Gasteiger partial charge in [0, 0.05) is 68.1 Å². The van der Waals surface area contributed by atoms with Crippen molar-refractivity contribution in [3.8, 4) is 0 Å². The van der Waals surface area contributed by atoms with Crippen molar-refractivity contribution < 1.29 is 105 Å². The number of rotatable bonds is 21. The van der Waals surface area contributed by atoms with Crippen LogP contribution in [0, 0.1) is 0 Å². The topological polar surface area (TPSA) is 504 Å². The molecule has 4 fully saturated rings. The van der Waals surface area contributed by atoms with Crippen LogP contribution in [-0.2, 0) is 104 Å². The lowest BCUT2D eigenvalue weighted by Crippen LogP contribution is -2.61. The minimum Gasteiger partial charge on any atom is -0.458 e. The molecule has 2 aromatic carbocycles. The lowest BCUT2D eigenvalue weighted by molar-refractivity contribution is -0.287. The zero-order valence-corrected chi connectivity index (χ0v) is 51.7. The fraction of sp³-hybridized carbons (Fsp3) is 0.625. The summed E-state index contributed by atoms with van der Waals surface area (Å²) in [6, 6.07) is 13.4. The van der Waals surface area contributed by atoms with Crippen molar-refractivity contribution in [3.63, 3.8) is 0 Å². The van der Waals surface area contributed by atoms with Gasteiger partial charge in [0.25, 0.3) is 0 Å². The summed E-state index contributed by atoms with van der Waals surface area (Å²) in [5.74, 6) is -4.59. The van der Waals surface area contributed by atoms with E-state index in [-0.39, 0.29) is 38.5 Å². The Bertz CT molecular complexity index is 3040. The van der Waals surface area contributed by atoms with Crippen LogP contribution in [0.25, 0.3) is 41.8 Å². The number of azide groups is 4. The molecule has 2 saturated carbocycles. The van der Waals surface area contributed by atoms with Crippen molar-refractivity contribution >= 4 is 54.0 Å². The predicted octanol–water partition coefficient (Wildman–Crippen LogP) is 7.02. The first kappa shape index (κ1) is 74.8. The highest BCUT2D eigenvalue weighted by atomic mass is 16.7. The maximum atomic E-state index is 12.5. The Kier molecular flexibility index (Phi) is 31.0. The molecule has 0 aromatic heterocycles. The van der Waals surface area contributed by atoms with Crippen molar-refractivity contribution in [2.24, 2.45) is 20.5 Å². The van der Waals surface area contributed by atoms with Crippen LogP contribution in [-0.4, -0.2) is 169 Å². The molecule has 2 amide bonds. The zero-order chi connectivity index (χ0) is 68.0. The molecule has 2 aliphatic carbocycles. The third-order valence-corrected chi connectivity index (χ3v) is 14.0. The van der Waals surface area contributed by atoms with Crippen LogP contribution in [0.4, 0.5) is 9.59 Å². The lowest BCUT2D eigenvalue weighted by atomic mass is 9.84. The normalized spacial score (nSPS) is 27.5. The van der Waals surface area contributed by atoms with Gasteiger partial charge in [-0.25, -0.2) is 9.59 Å². The highest BCUT2D eigenvalue weighted by Crippen LogP contribution is 2.36. The summed E-state index contributed by atoms with van der Waals surface area (Å²) in [5, 5.41) is 29.8. The number of carbonyl (C=O) groups excluding carboxylic acids is 9. The average molecular weight is 1300 g/mol. The first-order valence-corrected chi connectivity index (χ1v) is 28.7. The second-order valence-electron chi connectivity index (χ2n) is 21.1. The molecule has 3 N–H and O–H groups in total. The number of hydrogen-bond donors (Lipinski definition) is 3. The molecule has 2 aliphatic heterocycles. The molecule has 18 atom stereocenters. The number of ether oxygens (including phenoxy) is 12. The molecule has 2 heterocycles. The maximum absolute atomic E-state index is 12.5. The fourth-order valence-corrected chi connectivity index (χ4v) is 10.1. The highest BCUT2D eigenvalue weighted by Gasteiger charge is 2.52. The van der Waals surface area contributed by atoms with E-state index in [1.165, 1.54) is 20.8 Å². The SMILES string of the molecule is CC(=O)OC1CC[C@@H]([C@@H](C)NC(=O)OCc2ccccc2)OC1OC(C)=O.CC(=O)O[C@@H]1[C@@H](OC(C)=O)[C@H](N=[N+]=[N-])C[C@H](N=[N+]=[N-])[C@H]1O[C@H]1O[C@H]([C@@H](C)NC(=O)OCc2ccccc2)CC[C@H]1OC(C)=O.CC(=O)O[C@@H]1[C@@H](OC(C)=O)[C@H](O)[C@@H](N=[N+]=[N-])C[C@H]1N=[N+]=[N-]. The predicted molar refractivity (Wildman–Crippen MR) is 311 cm³/mol. The molecule has 92 heavy (non-hydrogen) atoms. The summed E-state index contributed by atoms with van der Waals surface area (Å²) in [5.41, 5.74) is 37.1. The number of nitrogens with zero attached hydrogens (tertiary/aromatic N) is 12. The van der Waals surface area contributed by atoms with Crippen molar-refractivity contribution in [1.29, 1.82) is 0 Å². The van der Waals surface area contributed by atoms with Gasteiger partial charge in [-0.15, -0.1) is 0 Å². The molecule has 0 bridgehead atoms. The van der Waals surface area contributed by atoms with Gasteiger partial charge in [-0.1, -0.05) is 81.1 Å². The molecular formula is C56H74N14O22. The third kappa shape index (κ3) is 25.0. The molecular weight excluding hydrogens is 1220 g/mol. The van der Waals surface area contributed by atoms with Gasteiger partial charge < -0.3 is 72.6 Å². The highest BCUT2D eigenvalue weighted by molar-refractivity contribution is 5.70. The van der Waals surface area contributed by atoms with Gasteiger partial charge in [0.1, 0.15) is 37.6 Å². The van der Waals surface area contributed by atoms with Crippen molar-refractivity contribution in [1.82, 2.24) is 10.6 Å². The van der Waals surface area contributed by atoms with Crippen molar-refractivity contribution in [2.75, 3.05) is 0 Å². The summed E-state index contributed by atoms with van der Waals surface area (Å²) >= 11 is 0. The Morgan fingerprint density at radius 3 is 1.21 bits per heavy atom. The number of aliphatic hydroxyl groups excluding tert-OH is 1. The Balaban J connectivity index is 0.000000320. The minimum atomic E-state index is -1.40.